The number of nitrogens with zero attached hydrogens (tertiary/aromatic N) is 1. The molecule has 28 heavy (non-hydrogen) atoms. The fraction of sp³-hybridized carbons (Fsp3) is 0.304. The zero-order valence-electron chi connectivity index (χ0n) is 16.0. The van der Waals surface area contributed by atoms with Crippen molar-refractivity contribution in [2.75, 3.05) is 18.8 Å². The summed E-state index contributed by atoms with van der Waals surface area (Å²) in [5, 5.41) is 2.10. The lowest BCUT2D eigenvalue weighted by molar-refractivity contribution is 0.320. The van der Waals surface area contributed by atoms with Gasteiger partial charge in [0.2, 0.25) is 0 Å². The van der Waals surface area contributed by atoms with Gasteiger partial charge in [0.05, 0.1) is 10.6 Å². The van der Waals surface area contributed by atoms with Crippen LogP contribution < -0.4 is 0 Å². The Bertz CT molecular complexity index is 1020. The predicted octanol–water partition coefficient (Wildman–Crippen LogP) is 5.02. The molecule has 3 aromatic rings. The molecule has 4 rings (SSSR count). The second-order valence-electron chi connectivity index (χ2n) is 7.66. The molecule has 1 atom stereocenters. The summed E-state index contributed by atoms with van der Waals surface area (Å²) in [7, 11) is -3.22. The highest BCUT2D eigenvalue weighted by Gasteiger charge is 2.28. The molecular formula is C23H25NO2S2. The van der Waals surface area contributed by atoms with Crippen molar-refractivity contribution in [1.82, 2.24) is 4.90 Å². The molecule has 146 valence electrons. The summed E-state index contributed by atoms with van der Waals surface area (Å²) in [4.78, 5) is 4.11. The van der Waals surface area contributed by atoms with E-state index in [0.717, 1.165) is 31.6 Å². The average Bonchev–Trinajstić information content (AvgIpc) is 3.35. The number of hydrogen-bond acceptors (Lipinski definition) is 4. The van der Waals surface area contributed by atoms with Crippen molar-refractivity contribution in [3.63, 3.8) is 0 Å². The molecule has 2 aromatic carbocycles. The first-order chi connectivity index (χ1) is 13.5. The minimum Gasteiger partial charge on any atom is -0.299 e. The summed E-state index contributed by atoms with van der Waals surface area (Å²) in [6.45, 7) is 4.62. The summed E-state index contributed by atoms with van der Waals surface area (Å²) < 4.78 is 25.5. The van der Waals surface area contributed by atoms with Crippen LogP contribution in [0.15, 0.2) is 70.9 Å². The molecule has 0 N–H and O–H groups in total. The van der Waals surface area contributed by atoms with Gasteiger partial charge in [-0.15, -0.1) is 11.3 Å². The third-order valence-electron chi connectivity index (χ3n) is 5.34. The highest BCUT2D eigenvalue weighted by Crippen LogP contribution is 2.26. The van der Waals surface area contributed by atoms with Crippen molar-refractivity contribution in [3.8, 4) is 10.4 Å². The third kappa shape index (κ3) is 4.54. The van der Waals surface area contributed by atoms with Gasteiger partial charge in [-0.25, -0.2) is 8.42 Å². The Balaban J connectivity index is 1.35. The van der Waals surface area contributed by atoms with Gasteiger partial charge in [-0.2, -0.15) is 0 Å². The van der Waals surface area contributed by atoms with Crippen molar-refractivity contribution in [1.29, 1.82) is 0 Å². The van der Waals surface area contributed by atoms with Gasteiger partial charge in [-0.05, 0) is 66.1 Å². The Kier molecular flexibility index (Phi) is 5.67. The topological polar surface area (TPSA) is 37.4 Å². The molecule has 0 aliphatic carbocycles. The number of benzene rings is 2. The molecule has 0 unspecified atom stereocenters. The zero-order chi connectivity index (χ0) is 19.6. The lowest BCUT2D eigenvalue weighted by atomic mass is 10.1. The second kappa shape index (κ2) is 8.19. The van der Waals surface area contributed by atoms with Gasteiger partial charge >= 0.3 is 0 Å². The molecule has 5 heteroatoms. The molecule has 1 saturated heterocycles. The van der Waals surface area contributed by atoms with Crippen LogP contribution in [0.1, 0.15) is 17.5 Å². The van der Waals surface area contributed by atoms with E-state index in [2.05, 4.69) is 46.7 Å². The Morgan fingerprint density at radius 2 is 1.89 bits per heavy atom. The summed E-state index contributed by atoms with van der Waals surface area (Å²) in [5.74, 6) is 0.445. The van der Waals surface area contributed by atoms with E-state index in [1.165, 1.54) is 16.0 Å². The van der Waals surface area contributed by atoms with Gasteiger partial charge < -0.3 is 0 Å². The van der Waals surface area contributed by atoms with E-state index in [1.54, 1.807) is 23.5 Å². The van der Waals surface area contributed by atoms with E-state index in [1.807, 2.05) is 19.1 Å². The van der Waals surface area contributed by atoms with E-state index in [0.29, 0.717) is 4.90 Å². The van der Waals surface area contributed by atoms with E-state index >= 15 is 0 Å². The third-order valence-corrected chi connectivity index (χ3v) is 8.14. The maximum absolute atomic E-state index is 12.7. The fourth-order valence-electron chi connectivity index (χ4n) is 3.88. The van der Waals surface area contributed by atoms with E-state index in [4.69, 9.17) is 0 Å². The lowest BCUT2D eigenvalue weighted by Crippen LogP contribution is -2.23. The smallest absolute Gasteiger partial charge is 0.178 e. The largest absolute Gasteiger partial charge is 0.299 e. The minimum absolute atomic E-state index is 0.205. The maximum Gasteiger partial charge on any atom is 0.178 e. The van der Waals surface area contributed by atoms with Crippen molar-refractivity contribution in [2.45, 2.75) is 24.8 Å². The quantitative estimate of drug-likeness (QED) is 0.572. The zero-order valence-corrected chi connectivity index (χ0v) is 17.7. The van der Waals surface area contributed by atoms with Crippen LogP contribution in [0.2, 0.25) is 0 Å². The average molecular weight is 412 g/mol. The molecule has 1 aliphatic rings. The van der Waals surface area contributed by atoms with Gasteiger partial charge in [-0.1, -0.05) is 42.5 Å². The molecule has 1 fully saturated rings. The lowest BCUT2D eigenvalue weighted by Gasteiger charge is -2.16. The summed E-state index contributed by atoms with van der Waals surface area (Å²) >= 11 is 1.75. The van der Waals surface area contributed by atoms with Gasteiger partial charge in [-0.3, -0.25) is 4.90 Å². The van der Waals surface area contributed by atoms with Gasteiger partial charge in [0.15, 0.2) is 9.84 Å². The van der Waals surface area contributed by atoms with E-state index < -0.39 is 9.84 Å². The second-order valence-corrected chi connectivity index (χ2v) is 10.6. The van der Waals surface area contributed by atoms with Crippen LogP contribution in [-0.4, -0.2) is 32.2 Å². The monoisotopic (exact) mass is 411 g/mol. The molecule has 0 radical (unpaired) electrons. The molecule has 0 amide bonds. The first kappa shape index (κ1) is 19.4. The Morgan fingerprint density at radius 3 is 2.61 bits per heavy atom. The highest BCUT2D eigenvalue weighted by atomic mass is 32.2. The molecule has 0 spiro atoms. The first-order valence-electron chi connectivity index (χ1n) is 9.64. The van der Waals surface area contributed by atoms with Crippen molar-refractivity contribution < 1.29 is 8.42 Å². The van der Waals surface area contributed by atoms with Crippen molar-refractivity contribution >= 4 is 21.2 Å². The van der Waals surface area contributed by atoms with Crippen LogP contribution in [0.3, 0.4) is 0 Å². The van der Waals surface area contributed by atoms with Crippen LogP contribution in [0.5, 0.6) is 0 Å². The summed E-state index contributed by atoms with van der Waals surface area (Å²) in [6, 6.07) is 20.2. The maximum atomic E-state index is 12.7. The number of rotatable bonds is 6. The van der Waals surface area contributed by atoms with Crippen LogP contribution in [0.25, 0.3) is 10.4 Å². The molecule has 3 nitrogen and oxygen atoms in total. The van der Waals surface area contributed by atoms with Crippen molar-refractivity contribution in [3.05, 3.63) is 77.2 Å². The van der Waals surface area contributed by atoms with Gasteiger partial charge in [0, 0.05) is 18.0 Å². The Hall–Kier alpha value is -1.95. The minimum atomic E-state index is -3.22. The first-order valence-corrected chi connectivity index (χ1v) is 12.2. The molecular weight excluding hydrogens is 386 g/mol. The number of likely N-dealkylation sites (tertiary alicyclic amines) is 1. The van der Waals surface area contributed by atoms with Crippen LogP contribution in [0, 0.1) is 12.8 Å². The highest BCUT2D eigenvalue weighted by molar-refractivity contribution is 7.91. The van der Waals surface area contributed by atoms with Crippen LogP contribution in [0.4, 0.5) is 0 Å². The molecule has 2 heterocycles. The number of sulfone groups is 1. The number of aryl methyl sites for hydroxylation is 1. The molecule has 1 aliphatic heterocycles. The fourth-order valence-corrected chi connectivity index (χ4v) is 6.35. The van der Waals surface area contributed by atoms with Crippen molar-refractivity contribution in [2.24, 2.45) is 5.92 Å². The number of thiophene rings is 1. The van der Waals surface area contributed by atoms with Gasteiger partial charge in [0.1, 0.15) is 0 Å². The SMILES string of the molecule is Cc1cccc(S(=O)(=O)C[C@@H]2CCN(Cc3ccc(-c4cccs4)cc3)C2)c1. The van der Waals surface area contributed by atoms with E-state index in [9.17, 15) is 8.42 Å². The number of hydrogen-bond donors (Lipinski definition) is 0. The standard InChI is InChI=1S/C23H25NO2S2/c1-18-4-2-5-22(14-18)28(25,26)17-20-11-12-24(16-20)15-19-7-9-21(10-8-19)23-6-3-13-27-23/h2-10,13-14,20H,11-12,15-17H2,1H3/t20-/m1/s1. The normalized spacial score (nSPS) is 17.8. The van der Waals surface area contributed by atoms with E-state index in [-0.39, 0.29) is 11.7 Å². The molecule has 1 aromatic heterocycles. The Labute approximate surface area is 171 Å². The summed E-state index contributed by atoms with van der Waals surface area (Å²) in [6.07, 6.45) is 0.943. The van der Waals surface area contributed by atoms with Gasteiger partial charge in [0.25, 0.3) is 0 Å². The molecule has 0 bridgehead atoms. The Morgan fingerprint density at radius 1 is 1.07 bits per heavy atom. The predicted molar refractivity (Wildman–Crippen MR) is 116 cm³/mol. The van der Waals surface area contributed by atoms with Crippen LogP contribution in [-0.2, 0) is 16.4 Å². The van der Waals surface area contributed by atoms with Crippen LogP contribution >= 0.6 is 11.3 Å². The summed E-state index contributed by atoms with van der Waals surface area (Å²) in [5.41, 5.74) is 3.52. The molecule has 0 saturated carbocycles.